The SMILES string of the molecule is CC(=O)O[C@@H]1C[C@H](O)[C@@H](N)C[C@H]1N. The van der Waals surface area contributed by atoms with Crippen molar-refractivity contribution in [2.24, 2.45) is 11.5 Å². The highest BCUT2D eigenvalue weighted by molar-refractivity contribution is 5.66. The van der Waals surface area contributed by atoms with Gasteiger partial charge in [0.2, 0.25) is 0 Å². The van der Waals surface area contributed by atoms with E-state index in [1.54, 1.807) is 0 Å². The van der Waals surface area contributed by atoms with Crippen LogP contribution in [0.1, 0.15) is 19.8 Å². The second-order valence-electron chi connectivity index (χ2n) is 3.51. The molecule has 0 aromatic rings. The lowest BCUT2D eigenvalue weighted by atomic mass is 9.87. The summed E-state index contributed by atoms with van der Waals surface area (Å²) in [5.74, 6) is -0.372. The smallest absolute Gasteiger partial charge is 0.302 e. The first kappa shape index (κ1) is 10.4. The van der Waals surface area contributed by atoms with Crippen molar-refractivity contribution in [2.45, 2.75) is 44.1 Å². The Morgan fingerprint density at radius 1 is 1.38 bits per heavy atom. The van der Waals surface area contributed by atoms with Crippen LogP contribution in [-0.2, 0) is 9.53 Å². The zero-order chi connectivity index (χ0) is 10.0. The third kappa shape index (κ3) is 2.65. The Morgan fingerprint density at radius 3 is 2.54 bits per heavy atom. The third-order valence-corrected chi connectivity index (χ3v) is 2.31. The molecule has 0 bridgehead atoms. The number of ether oxygens (including phenoxy) is 1. The fourth-order valence-corrected chi connectivity index (χ4v) is 1.56. The highest BCUT2D eigenvalue weighted by atomic mass is 16.5. The van der Waals surface area contributed by atoms with Crippen LogP contribution in [0, 0.1) is 0 Å². The van der Waals surface area contributed by atoms with E-state index in [4.69, 9.17) is 16.2 Å². The van der Waals surface area contributed by atoms with Gasteiger partial charge in [0.25, 0.3) is 0 Å². The molecular formula is C8H16N2O3. The average molecular weight is 188 g/mol. The molecule has 13 heavy (non-hydrogen) atoms. The lowest BCUT2D eigenvalue weighted by Gasteiger charge is -2.34. The Labute approximate surface area is 77.0 Å². The van der Waals surface area contributed by atoms with Crippen molar-refractivity contribution in [1.29, 1.82) is 0 Å². The second-order valence-corrected chi connectivity index (χ2v) is 3.51. The zero-order valence-corrected chi connectivity index (χ0v) is 7.64. The van der Waals surface area contributed by atoms with Gasteiger partial charge in [-0.25, -0.2) is 0 Å². The molecule has 1 aliphatic carbocycles. The number of carbonyl (C=O) groups excluding carboxylic acids is 1. The van der Waals surface area contributed by atoms with Gasteiger partial charge in [0.1, 0.15) is 6.10 Å². The van der Waals surface area contributed by atoms with Gasteiger partial charge in [0.15, 0.2) is 0 Å². The molecule has 5 heteroatoms. The maximum absolute atomic E-state index is 10.7. The molecule has 0 saturated heterocycles. The summed E-state index contributed by atoms with van der Waals surface area (Å²) in [5.41, 5.74) is 11.3. The quantitative estimate of drug-likeness (QED) is 0.445. The van der Waals surface area contributed by atoms with Crippen molar-refractivity contribution in [1.82, 2.24) is 0 Å². The zero-order valence-electron chi connectivity index (χ0n) is 7.64. The molecule has 1 saturated carbocycles. The normalized spacial score (nSPS) is 40.0. The van der Waals surface area contributed by atoms with Crippen LogP contribution in [0.25, 0.3) is 0 Å². The number of nitrogens with two attached hydrogens (primary N) is 2. The van der Waals surface area contributed by atoms with E-state index >= 15 is 0 Å². The highest BCUT2D eigenvalue weighted by Crippen LogP contribution is 2.19. The topological polar surface area (TPSA) is 98.6 Å². The summed E-state index contributed by atoms with van der Waals surface area (Å²) in [7, 11) is 0. The summed E-state index contributed by atoms with van der Waals surface area (Å²) < 4.78 is 4.94. The van der Waals surface area contributed by atoms with Crippen LogP contribution in [0.5, 0.6) is 0 Å². The number of aliphatic hydroxyl groups excluding tert-OH is 1. The fourth-order valence-electron chi connectivity index (χ4n) is 1.56. The molecule has 0 radical (unpaired) electrons. The summed E-state index contributed by atoms with van der Waals surface area (Å²) in [5, 5.41) is 9.41. The van der Waals surface area contributed by atoms with E-state index in [0.717, 1.165) is 0 Å². The number of hydrogen-bond acceptors (Lipinski definition) is 5. The maximum Gasteiger partial charge on any atom is 0.302 e. The summed E-state index contributed by atoms with van der Waals surface area (Å²) >= 11 is 0. The first-order valence-corrected chi connectivity index (χ1v) is 4.37. The minimum atomic E-state index is -0.621. The van der Waals surface area contributed by atoms with Crippen LogP contribution >= 0.6 is 0 Å². The first-order valence-electron chi connectivity index (χ1n) is 4.37. The van der Waals surface area contributed by atoms with Gasteiger partial charge < -0.3 is 21.3 Å². The molecule has 0 unspecified atom stereocenters. The minimum absolute atomic E-state index is 0.262. The molecule has 0 aliphatic heterocycles. The predicted octanol–water partition coefficient (Wildman–Crippen LogP) is -1.27. The molecule has 0 heterocycles. The van der Waals surface area contributed by atoms with Gasteiger partial charge in [-0.3, -0.25) is 4.79 Å². The maximum atomic E-state index is 10.7. The first-order chi connectivity index (χ1) is 6.00. The van der Waals surface area contributed by atoms with Crippen molar-refractivity contribution < 1.29 is 14.6 Å². The van der Waals surface area contributed by atoms with E-state index < -0.39 is 12.2 Å². The van der Waals surface area contributed by atoms with Crippen LogP contribution in [0.3, 0.4) is 0 Å². The van der Waals surface area contributed by atoms with Crippen molar-refractivity contribution in [3.05, 3.63) is 0 Å². The molecule has 0 aromatic carbocycles. The van der Waals surface area contributed by atoms with Crippen molar-refractivity contribution in [3.8, 4) is 0 Å². The molecule has 76 valence electrons. The second kappa shape index (κ2) is 4.04. The molecule has 1 rings (SSSR count). The molecule has 5 N–H and O–H groups in total. The van der Waals surface area contributed by atoms with Gasteiger partial charge in [0.05, 0.1) is 6.10 Å². The monoisotopic (exact) mass is 188 g/mol. The largest absolute Gasteiger partial charge is 0.461 e. The number of aliphatic hydroxyl groups is 1. The van der Waals surface area contributed by atoms with E-state index in [2.05, 4.69) is 0 Å². The Balaban J connectivity index is 2.51. The molecule has 5 nitrogen and oxygen atoms in total. The molecular weight excluding hydrogens is 172 g/mol. The van der Waals surface area contributed by atoms with Crippen LogP contribution in [0.4, 0.5) is 0 Å². The van der Waals surface area contributed by atoms with Crippen LogP contribution < -0.4 is 11.5 Å². The summed E-state index contributed by atoms with van der Waals surface area (Å²) in [6.45, 7) is 1.33. The molecule has 0 amide bonds. The number of esters is 1. The minimum Gasteiger partial charge on any atom is -0.461 e. The van der Waals surface area contributed by atoms with Crippen LogP contribution in [0.2, 0.25) is 0 Å². The van der Waals surface area contributed by atoms with Crippen molar-refractivity contribution in [3.63, 3.8) is 0 Å². The van der Waals surface area contributed by atoms with E-state index in [1.165, 1.54) is 6.92 Å². The van der Waals surface area contributed by atoms with Crippen molar-refractivity contribution in [2.75, 3.05) is 0 Å². The molecule has 4 atom stereocenters. The van der Waals surface area contributed by atoms with Gasteiger partial charge in [-0.15, -0.1) is 0 Å². The summed E-state index contributed by atoms with van der Waals surface area (Å²) in [4.78, 5) is 10.7. The van der Waals surface area contributed by atoms with Gasteiger partial charge in [0, 0.05) is 25.4 Å². The van der Waals surface area contributed by atoms with Gasteiger partial charge in [-0.2, -0.15) is 0 Å². The Bertz CT molecular complexity index is 198. The predicted molar refractivity (Wildman–Crippen MR) is 46.7 cm³/mol. The Morgan fingerprint density at radius 2 is 2.00 bits per heavy atom. The van der Waals surface area contributed by atoms with Crippen LogP contribution in [0.15, 0.2) is 0 Å². The third-order valence-electron chi connectivity index (χ3n) is 2.31. The standard InChI is InChI=1S/C8H16N2O3/c1-4(11)13-8-3-7(12)5(9)2-6(8)10/h5-8,12H,2-3,9-10H2,1H3/t5-,6+,7-,8+/m0/s1. The average Bonchev–Trinajstić information content (AvgIpc) is 1.99. The van der Waals surface area contributed by atoms with E-state index in [9.17, 15) is 9.90 Å². The Kier molecular flexibility index (Phi) is 3.24. The fraction of sp³-hybridized carbons (Fsp3) is 0.875. The van der Waals surface area contributed by atoms with E-state index in [1.807, 2.05) is 0 Å². The lowest BCUT2D eigenvalue weighted by Crippen LogP contribution is -2.53. The van der Waals surface area contributed by atoms with E-state index in [-0.39, 0.29) is 18.1 Å². The number of hydrogen-bond donors (Lipinski definition) is 3. The van der Waals surface area contributed by atoms with E-state index in [0.29, 0.717) is 12.8 Å². The number of rotatable bonds is 1. The Hall–Kier alpha value is -0.650. The summed E-state index contributed by atoms with van der Waals surface area (Å²) in [6, 6.07) is -0.566. The van der Waals surface area contributed by atoms with Gasteiger partial charge in [-0.1, -0.05) is 0 Å². The highest BCUT2D eigenvalue weighted by Gasteiger charge is 2.34. The van der Waals surface area contributed by atoms with Gasteiger partial charge >= 0.3 is 5.97 Å². The molecule has 0 spiro atoms. The molecule has 0 aromatic heterocycles. The van der Waals surface area contributed by atoms with Crippen LogP contribution in [-0.4, -0.2) is 35.4 Å². The molecule has 1 aliphatic rings. The summed E-state index contributed by atoms with van der Waals surface area (Å²) in [6.07, 6.45) is -0.197. The lowest BCUT2D eigenvalue weighted by molar-refractivity contribution is -0.150. The van der Waals surface area contributed by atoms with Gasteiger partial charge in [-0.05, 0) is 6.42 Å². The number of carbonyl (C=O) groups is 1. The molecule has 1 fully saturated rings. The van der Waals surface area contributed by atoms with Crippen molar-refractivity contribution >= 4 is 5.97 Å².